The smallest absolute Gasteiger partial charge is 0.251 e. The minimum atomic E-state index is -0.00782. The quantitative estimate of drug-likeness (QED) is 0.728. The molecule has 0 spiro atoms. The summed E-state index contributed by atoms with van der Waals surface area (Å²) in [6, 6.07) is 16.9. The molecule has 0 aliphatic carbocycles. The maximum absolute atomic E-state index is 12.7. The number of nitrogens with one attached hydrogen (secondary N) is 1. The maximum Gasteiger partial charge on any atom is 0.251 e. The van der Waals surface area contributed by atoms with Crippen LogP contribution in [0.4, 0.5) is 0 Å². The largest absolute Gasteiger partial charge is 0.350 e. The lowest BCUT2D eigenvalue weighted by atomic mass is 10.0. The van der Waals surface area contributed by atoms with Gasteiger partial charge in [0.15, 0.2) is 0 Å². The van der Waals surface area contributed by atoms with Crippen molar-refractivity contribution in [3.8, 4) is 0 Å². The van der Waals surface area contributed by atoms with Gasteiger partial charge in [-0.15, -0.1) is 0 Å². The normalized spacial score (nSPS) is 16.0. The van der Waals surface area contributed by atoms with Crippen molar-refractivity contribution >= 4 is 5.91 Å². The summed E-state index contributed by atoms with van der Waals surface area (Å²) in [6.07, 6.45) is 4.99. The Balaban J connectivity index is 1.56. The van der Waals surface area contributed by atoms with Crippen molar-refractivity contribution in [1.82, 2.24) is 15.1 Å². The summed E-state index contributed by atoms with van der Waals surface area (Å²) in [5, 5.41) is 3.12. The first-order valence-electron chi connectivity index (χ1n) is 10.9. The molecular formula is C25H35N3O. The Kier molecular flexibility index (Phi) is 7.84. The van der Waals surface area contributed by atoms with E-state index in [0.717, 1.165) is 18.5 Å². The lowest BCUT2D eigenvalue weighted by Crippen LogP contribution is -2.34. The average molecular weight is 394 g/mol. The van der Waals surface area contributed by atoms with Crippen LogP contribution in [-0.4, -0.2) is 49.4 Å². The highest BCUT2D eigenvalue weighted by Gasteiger charge is 2.16. The SMILES string of the molecule is CCc1ccc(C(CNC(=O)c2ccc(CN3CCCCC3)cc2)N(C)C)cc1. The molecule has 1 unspecified atom stereocenters. The topological polar surface area (TPSA) is 35.6 Å². The van der Waals surface area contributed by atoms with E-state index < -0.39 is 0 Å². The molecule has 1 amide bonds. The number of carbonyl (C=O) groups is 1. The number of hydrogen-bond donors (Lipinski definition) is 1. The molecule has 1 atom stereocenters. The fourth-order valence-corrected chi connectivity index (χ4v) is 4.00. The third-order valence-corrected chi connectivity index (χ3v) is 5.92. The van der Waals surface area contributed by atoms with Gasteiger partial charge in [-0.2, -0.15) is 0 Å². The second-order valence-corrected chi connectivity index (χ2v) is 8.32. The van der Waals surface area contributed by atoms with Crippen molar-refractivity contribution in [2.24, 2.45) is 0 Å². The second-order valence-electron chi connectivity index (χ2n) is 8.32. The number of likely N-dealkylation sites (tertiary alicyclic amines) is 1. The molecular weight excluding hydrogens is 358 g/mol. The van der Waals surface area contributed by atoms with E-state index in [1.54, 1.807) is 0 Å². The summed E-state index contributed by atoms with van der Waals surface area (Å²) >= 11 is 0. The molecule has 2 aromatic carbocycles. The van der Waals surface area contributed by atoms with Gasteiger partial charge in [0.1, 0.15) is 0 Å². The van der Waals surface area contributed by atoms with Crippen LogP contribution < -0.4 is 5.32 Å². The van der Waals surface area contributed by atoms with E-state index in [9.17, 15) is 4.79 Å². The lowest BCUT2D eigenvalue weighted by Gasteiger charge is -2.26. The standard InChI is InChI=1S/C25H35N3O/c1-4-20-8-12-22(13-9-20)24(27(2)3)18-26-25(29)23-14-10-21(11-15-23)19-28-16-6-5-7-17-28/h8-15,24H,4-7,16-19H2,1-3H3,(H,26,29). The molecule has 1 saturated heterocycles. The number of aryl methyl sites for hydroxylation is 1. The minimum absolute atomic E-state index is 0.00782. The molecule has 3 rings (SSSR count). The number of nitrogens with zero attached hydrogens (tertiary/aromatic N) is 2. The van der Waals surface area contributed by atoms with Gasteiger partial charge in [-0.1, -0.05) is 49.7 Å². The maximum atomic E-state index is 12.7. The number of piperidine rings is 1. The van der Waals surface area contributed by atoms with E-state index >= 15 is 0 Å². The van der Waals surface area contributed by atoms with Gasteiger partial charge >= 0.3 is 0 Å². The first-order valence-corrected chi connectivity index (χ1v) is 10.9. The minimum Gasteiger partial charge on any atom is -0.350 e. The highest BCUT2D eigenvalue weighted by molar-refractivity contribution is 5.94. The van der Waals surface area contributed by atoms with Crippen LogP contribution in [-0.2, 0) is 13.0 Å². The van der Waals surface area contributed by atoms with Crippen LogP contribution in [0.15, 0.2) is 48.5 Å². The van der Waals surface area contributed by atoms with Crippen molar-refractivity contribution < 1.29 is 4.79 Å². The monoisotopic (exact) mass is 393 g/mol. The van der Waals surface area contributed by atoms with Crippen LogP contribution in [0, 0.1) is 0 Å². The van der Waals surface area contributed by atoms with Crippen LogP contribution in [0.3, 0.4) is 0 Å². The number of rotatable bonds is 8. The highest BCUT2D eigenvalue weighted by Crippen LogP contribution is 2.19. The van der Waals surface area contributed by atoms with Gasteiger partial charge in [0, 0.05) is 18.7 Å². The number of hydrogen-bond acceptors (Lipinski definition) is 3. The van der Waals surface area contributed by atoms with Crippen LogP contribution >= 0.6 is 0 Å². The van der Waals surface area contributed by atoms with Crippen molar-refractivity contribution in [2.45, 2.75) is 45.2 Å². The van der Waals surface area contributed by atoms with Crippen LogP contribution in [0.5, 0.6) is 0 Å². The Bertz CT molecular complexity index is 762. The summed E-state index contributed by atoms with van der Waals surface area (Å²) in [7, 11) is 4.11. The molecule has 1 N–H and O–H groups in total. The molecule has 2 aromatic rings. The number of likely N-dealkylation sites (N-methyl/N-ethyl adjacent to an activating group) is 1. The van der Waals surface area contributed by atoms with Gasteiger partial charge < -0.3 is 10.2 Å². The van der Waals surface area contributed by atoms with Gasteiger partial charge in [-0.3, -0.25) is 9.69 Å². The Hall–Kier alpha value is -2.17. The third kappa shape index (κ3) is 6.15. The Labute approximate surface area is 175 Å². The summed E-state index contributed by atoms with van der Waals surface area (Å²) in [5.41, 5.74) is 4.57. The van der Waals surface area contributed by atoms with Crippen molar-refractivity contribution in [1.29, 1.82) is 0 Å². The number of benzene rings is 2. The summed E-state index contributed by atoms with van der Waals surface area (Å²) < 4.78 is 0. The van der Waals surface area contributed by atoms with Crippen molar-refractivity contribution in [3.63, 3.8) is 0 Å². The third-order valence-electron chi connectivity index (χ3n) is 5.92. The molecule has 1 fully saturated rings. The van der Waals surface area contributed by atoms with Gasteiger partial charge in [0.05, 0.1) is 6.04 Å². The molecule has 1 heterocycles. The predicted molar refractivity (Wildman–Crippen MR) is 120 cm³/mol. The van der Waals surface area contributed by atoms with E-state index in [1.165, 1.54) is 49.0 Å². The van der Waals surface area contributed by atoms with Crippen molar-refractivity contribution in [3.05, 3.63) is 70.8 Å². The summed E-state index contributed by atoms with van der Waals surface area (Å²) in [6.45, 7) is 6.11. The molecule has 0 saturated carbocycles. The Morgan fingerprint density at radius 2 is 1.59 bits per heavy atom. The molecule has 1 aliphatic heterocycles. The molecule has 1 aliphatic rings. The van der Waals surface area contributed by atoms with E-state index in [4.69, 9.17) is 0 Å². The molecule has 0 aromatic heterocycles. The average Bonchev–Trinajstić information content (AvgIpc) is 2.75. The zero-order valence-electron chi connectivity index (χ0n) is 18.2. The van der Waals surface area contributed by atoms with E-state index in [0.29, 0.717) is 6.54 Å². The number of amides is 1. The number of carbonyl (C=O) groups excluding carboxylic acids is 1. The molecule has 29 heavy (non-hydrogen) atoms. The fourth-order valence-electron chi connectivity index (χ4n) is 4.00. The second kappa shape index (κ2) is 10.6. The van der Waals surface area contributed by atoms with Crippen LogP contribution in [0.2, 0.25) is 0 Å². The first kappa shape index (κ1) is 21.5. The lowest BCUT2D eigenvalue weighted by molar-refractivity contribution is 0.0942. The molecule has 156 valence electrons. The highest BCUT2D eigenvalue weighted by atomic mass is 16.1. The fraction of sp³-hybridized carbons (Fsp3) is 0.480. The molecule has 0 radical (unpaired) electrons. The van der Waals surface area contributed by atoms with Gasteiger partial charge in [-0.25, -0.2) is 0 Å². The predicted octanol–water partition coefficient (Wildman–Crippen LogP) is 4.27. The zero-order valence-corrected chi connectivity index (χ0v) is 18.2. The van der Waals surface area contributed by atoms with Crippen LogP contribution in [0.25, 0.3) is 0 Å². The summed E-state index contributed by atoms with van der Waals surface area (Å²) in [4.78, 5) is 17.3. The molecule has 4 heteroatoms. The Morgan fingerprint density at radius 3 is 2.17 bits per heavy atom. The van der Waals surface area contributed by atoms with E-state index in [2.05, 4.69) is 72.5 Å². The van der Waals surface area contributed by atoms with Gasteiger partial charge in [0.25, 0.3) is 5.91 Å². The van der Waals surface area contributed by atoms with E-state index in [-0.39, 0.29) is 11.9 Å². The molecule has 4 nitrogen and oxygen atoms in total. The first-order chi connectivity index (χ1) is 14.1. The Morgan fingerprint density at radius 1 is 0.966 bits per heavy atom. The summed E-state index contributed by atoms with van der Waals surface area (Å²) in [5.74, 6) is -0.00782. The molecule has 0 bridgehead atoms. The van der Waals surface area contributed by atoms with Gasteiger partial charge in [0.2, 0.25) is 0 Å². The van der Waals surface area contributed by atoms with E-state index in [1.807, 2.05) is 12.1 Å². The zero-order chi connectivity index (χ0) is 20.6. The van der Waals surface area contributed by atoms with Gasteiger partial charge in [-0.05, 0) is 75.3 Å². The van der Waals surface area contributed by atoms with Crippen molar-refractivity contribution in [2.75, 3.05) is 33.7 Å². The van der Waals surface area contributed by atoms with Crippen LogP contribution in [0.1, 0.15) is 59.3 Å².